The maximum absolute atomic E-state index is 12.3. The summed E-state index contributed by atoms with van der Waals surface area (Å²) in [6, 6.07) is 2.20. The molecule has 130 valence electrons. The molecule has 1 rings (SSSR count). The zero-order chi connectivity index (χ0) is 17.4. The molecule has 1 N–H and O–H groups in total. The molecule has 0 aromatic carbocycles. The molecule has 0 saturated carbocycles. The molecule has 23 heavy (non-hydrogen) atoms. The van der Waals surface area contributed by atoms with Crippen molar-refractivity contribution in [2.45, 2.75) is 52.5 Å². The minimum absolute atomic E-state index is 0.00522. The van der Waals surface area contributed by atoms with Gasteiger partial charge in [0.25, 0.3) is 0 Å². The van der Waals surface area contributed by atoms with Crippen molar-refractivity contribution in [2.24, 2.45) is 11.8 Å². The lowest BCUT2D eigenvalue weighted by Crippen LogP contribution is -2.50. The average molecular weight is 322 g/mol. The number of likely N-dealkylation sites (tertiary alicyclic amines) is 1. The number of hydrogen-bond donors (Lipinski definition) is 1. The highest BCUT2D eigenvalue weighted by Gasteiger charge is 2.32. The van der Waals surface area contributed by atoms with E-state index in [9.17, 15) is 9.59 Å². The minimum Gasteiger partial charge on any atom is -0.345 e. The van der Waals surface area contributed by atoms with Gasteiger partial charge in [-0.25, -0.2) is 4.79 Å². The number of piperidine rings is 1. The SMILES string of the molecule is CCC1CN(C(=O)NC(C)C)CCC1CC(=O)N(C)CCC#N. The van der Waals surface area contributed by atoms with E-state index in [1.807, 2.05) is 18.7 Å². The van der Waals surface area contributed by atoms with Gasteiger partial charge in [-0.15, -0.1) is 0 Å². The lowest BCUT2D eigenvalue weighted by molar-refractivity contribution is -0.131. The van der Waals surface area contributed by atoms with Crippen molar-refractivity contribution < 1.29 is 9.59 Å². The summed E-state index contributed by atoms with van der Waals surface area (Å²) in [5.74, 6) is 0.777. The largest absolute Gasteiger partial charge is 0.345 e. The molecule has 3 amide bonds. The van der Waals surface area contributed by atoms with Crippen molar-refractivity contribution in [1.29, 1.82) is 5.26 Å². The van der Waals surface area contributed by atoms with Gasteiger partial charge in [-0.2, -0.15) is 5.26 Å². The van der Waals surface area contributed by atoms with Crippen LogP contribution in [0, 0.1) is 23.2 Å². The summed E-state index contributed by atoms with van der Waals surface area (Å²) in [6.45, 7) is 7.94. The van der Waals surface area contributed by atoms with Crippen LogP contribution in [0.3, 0.4) is 0 Å². The van der Waals surface area contributed by atoms with Crippen molar-refractivity contribution >= 4 is 11.9 Å². The number of nitrogens with one attached hydrogen (secondary N) is 1. The third-order valence-corrected chi connectivity index (χ3v) is 4.54. The molecule has 0 radical (unpaired) electrons. The number of rotatable bonds is 6. The number of nitriles is 1. The Kier molecular flexibility index (Phi) is 7.87. The summed E-state index contributed by atoms with van der Waals surface area (Å²) in [5.41, 5.74) is 0. The fourth-order valence-corrected chi connectivity index (χ4v) is 3.06. The third-order valence-electron chi connectivity index (χ3n) is 4.54. The van der Waals surface area contributed by atoms with E-state index in [2.05, 4.69) is 18.3 Å². The van der Waals surface area contributed by atoms with Crippen LogP contribution in [0.2, 0.25) is 0 Å². The Labute approximate surface area is 139 Å². The number of carbonyl (C=O) groups excluding carboxylic acids is 2. The fraction of sp³-hybridized carbons (Fsp3) is 0.824. The maximum atomic E-state index is 12.3. The second kappa shape index (κ2) is 9.39. The summed E-state index contributed by atoms with van der Waals surface area (Å²) in [6.07, 6.45) is 2.71. The Bertz CT molecular complexity index is 444. The average Bonchev–Trinajstić information content (AvgIpc) is 2.51. The van der Waals surface area contributed by atoms with E-state index < -0.39 is 0 Å². The fourth-order valence-electron chi connectivity index (χ4n) is 3.06. The van der Waals surface area contributed by atoms with Gasteiger partial charge >= 0.3 is 6.03 Å². The van der Waals surface area contributed by atoms with Gasteiger partial charge in [0.05, 0.1) is 12.5 Å². The maximum Gasteiger partial charge on any atom is 0.317 e. The summed E-state index contributed by atoms with van der Waals surface area (Å²) >= 11 is 0. The van der Waals surface area contributed by atoms with Gasteiger partial charge in [0, 0.05) is 39.1 Å². The van der Waals surface area contributed by atoms with E-state index in [1.54, 1.807) is 11.9 Å². The second-order valence-electron chi connectivity index (χ2n) is 6.69. The Morgan fingerprint density at radius 3 is 2.65 bits per heavy atom. The molecular weight excluding hydrogens is 292 g/mol. The third kappa shape index (κ3) is 6.09. The van der Waals surface area contributed by atoms with Crippen LogP contribution < -0.4 is 5.32 Å². The predicted molar refractivity (Wildman–Crippen MR) is 89.6 cm³/mol. The van der Waals surface area contributed by atoms with E-state index in [0.29, 0.717) is 37.8 Å². The van der Waals surface area contributed by atoms with E-state index >= 15 is 0 Å². The number of carbonyl (C=O) groups is 2. The molecule has 0 spiro atoms. The van der Waals surface area contributed by atoms with Crippen LogP contribution in [0.15, 0.2) is 0 Å². The van der Waals surface area contributed by atoms with Crippen molar-refractivity contribution in [2.75, 3.05) is 26.7 Å². The zero-order valence-electron chi connectivity index (χ0n) is 14.8. The van der Waals surface area contributed by atoms with Crippen molar-refractivity contribution in [3.63, 3.8) is 0 Å². The topological polar surface area (TPSA) is 76.4 Å². The van der Waals surface area contributed by atoms with Crippen LogP contribution in [0.5, 0.6) is 0 Å². The predicted octanol–water partition coefficient (Wildman–Crippen LogP) is 2.21. The monoisotopic (exact) mass is 322 g/mol. The molecule has 2 unspecified atom stereocenters. The highest BCUT2D eigenvalue weighted by molar-refractivity contribution is 5.76. The molecule has 0 aromatic heterocycles. The molecule has 1 heterocycles. The molecule has 0 bridgehead atoms. The van der Waals surface area contributed by atoms with E-state index in [0.717, 1.165) is 19.4 Å². The Hall–Kier alpha value is -1.77. The van der Waals surface area contributed by atoms with Gasteiger partial charge in [-0.3, -0.25) is 4.79 Å². The normalized spacial score (nSPS) is 21.0. The first-order chi connectivity index (χ1) is 10.9. The van der Waals surface area contributed by atoms with Gasteiger partial charge in [-0.1, -0.05) is 13.3 Å². The number of hydrogen-bond acceptors (Lipinski definition) is 3. The molecule has 0 aliphatic carbocycles. The quantitative estimate of drug-likeness (QED) is 0.814. The van der Waals surface area contributed by atoms with Crippen molar-refractivity contribution in [3.05, 3.63) is 0 Å². The van der Waals surface area contributed by atoms with Gasteiger partial charge in [0.2, 0.25) is 5.91 Å². The van der Waals surface area contributed by atoms with E-state index in [-0.39, 0.29) is 18.0 Å². The van der Waals surface area contributed by atoms with Crippen LogP contribution in [0.1, 0.15) is 46.5 Å². The van der Waals surface area contributed by atoms with E-state index in [1.165, 1.54) is 0 Å². The van der Waals surface area contributed by atoms with Gasteiger partial charge < -0.3 is 15.1 Å². The first kappa shape index (κ1) is 19.3. The second-order valence-corrected chi connectivity index (χ2v) is 6.69. The molecule has 6 nitrogen and oxygen atoms in total. The van der Waals surface area contributed by atoms with Crippen LogP contribution in [-0.4, -0.2) is 54.5 Å². The Balaban J connectivity index is 2.55. The van der Waals surface area contributed by atoms with Gasteiger partial charge in [0.15, 0.2) is 0 Å². The Morgan fingerprint density at radius 1 is 1.39 bits per heavy atom. The summed E-state index contributed by atoms with van der Waals surface area (Å²) < 4.78 is 0. The van der Waals surface area contributed by atoms with Crippen molar-refractivity contribution in [1.82, 2.24) is 15.1 Å². The molecule has 1 aliphatic heterocycles. The van der Waals surface area contributed by atoms with Crippen LogP contribution >= 0.6 is 0 Å². The molecule has 6 heteroatoms. The van der Waals surface area contributed by atoms with Crippen LogP contribution in [-0.2, 0) is 4.79 Å². The van der Waals surface area contributed by atoms with E-state index in [4.69, 9.17) is 5.26 Å². The molecule has 0 aromatic rings. The number of amides is 3. The number of nitrogens with zero attached hydrogens (tertiary/aromatic N) is 3. The van der Waals surface area contributed by atoms with Gasteiger partial charge in [-0.05, 0) is 32.1 Å². The van der Waals surface area contributed by atoms with Crippen LogP contribution in [0.25, 0.3) is 0 Å². The molecular formula is C17H30N4O2. The summed E-state index contributed by atoms with van der Waals surface area (Å²) in [7, 11) is 1.76. The first-order valence-electron chi connectivity index (χ1n) is 8.55. The highest BCUT2D eigenvalue weighted by atomic mass is 16.2. The van der Waals surface area contributed by atoms with Crippen molar-refractivity contribution in [3.8, 4) is 6.07 Å². The number of urea groups is 1. The summed E-state index contributed by atoms with van der Waals surface area (Å²) in [5, 5.41) is 11.5. The van der Waals surface area contributed by atoms with Crippen LogP contribution in [0.4, 0.5) is 4.79 Å². The molecule has 1 fully saturated rings. The summed E-state index contributed by atoms with van der Waals surface area (Å²) in [4.78, 5) is 27.9. The molecule has 1 aliphatic rings. The minimum atomic E-state index is -0.00522. The lowest BCUT2D eigenvalue weighted by Gasteiger charge is -2.38. The first-order valence-corrected chi connectivity index (χ1v) is 8.55. The highest BCUT2D eigenvalue weighted by Crippen LogP contribution is 2.29. The zero-order valence-corrected chi connectivity index (χ0v) is 14.8. The smallest absolute Gasteiger partial charge is 0.317 e. The standard InChI is InChI=1S/C17H30N4O2/c1-5-14-12-21(17(23)19-13(2)3)10-7-15(14)11-16(22)20(4)9-6-8-18/h13-15H,5-7,9-12H2,1-4H3,(H,19,23). The lowest BCUT2D eigenvalue weighted by atomic mass is 9.81. The van der Waals surface area contributed by atoms with Gasteiger partial charge in [0.1, 0.15) is 0 Å². The Morgan fingerprint density at radius 2 is 2.09 bits per heavy atom. The molecule has 1 saturated heterocycles. The molecule has 2 atom stereocenters.